The molecule has 3 aromatic heterocycles. The Labute approximate surface area is 207 Å². The van der Waals surface area contributed by atoms with Gasteiger partial charge in [-0.2, -0.15) is 13.2 Å². The molecule has 1 unspecified atom stereocenters. The number of hydrogen-bond acceptors (Lipinski definition) is 6. The molecule has 1 N–H and O–H groups in total. The van der Waals surface area contributed by atoms with Gasteiger partial charge in [0.15, 0.2) is 5.82 Å². The fourth-order valence-corrected chi connectivity index (χ4v) is 4.91. The van der Waals surface area contributed by atoms with E-state index in [0.717, 1.165) is 42.2 Å². The molecule has 1 amide bonds. The van der Waals surface area contributed by atoms with Gasteiger partial charge in [0.1, 0.15) is 11.5 Å². The molecule has 1 saturated carbocycles. The summed E-state index contributed by atoms with van der Waals surface area (Å²) in [5.74, 6) is 1.66. The number of halogens is 3. The van der Waals surface area contributed by atoms with E-state index in [-0.39, 0.29) is 11.9 Å². The number of pyridine rings is 2. The van der Waals surface area contributed by atoms with E-state index in [1.807, 2.05) is 43.9 Å². The lowest BCUT2D eigenvalue weighted by Gasteiger charge is -2.36. The summed E-state index contributed by atoms with van der Waals surface area (Å²) in [6.07, 6.45) is -1.72. The van der Waals surface area contributed by atoms with Gasteiger partial charge in [0.2, 0.25) is 0 Å². The third-order valence-corrected chi connectivity index (χ3v) is 6.85. The Morgan fingerprint density at radius 3 is 2.42 bits per heavy atom. The smallest absolute Gasteiger partial charge is 0.368 e. The van der Waals surface area contributed by atoms with E-state index in [0.29, 0.717) is 47.8 Å². The molecule has 1 saturated heterocycles. The predicted molar refractivity (Wildman–Crippen MR) is 128 cm³/mol. The van der Waals surface area contributed by atoms with Gasteiger partial charge in [-0.1, -0.05) is 0 Å². The van der Waals surface area contributed by atoms with Gasteiger partial charge in [0.05, 0.1) is 11.1 Å². The summed E-state index contributed by atoms with van der Waals surface area (Å²) in [6.45, 7) is 6.62. The zero-order chi connectivity index (χ0) is 25.6. The van der Waals surface area contributed by atoms with Crippen molar-refractivity contribution in [2.75, 3.05) is 18.4 Å². The summed E-state index contributed by atoms with van der Waals surface area (Å²) in [6, 6.07) is 7.74. The molecular formula is C26H27F3N6O. The summed E-state index contributed by atoms with van der Waals surface area (Å²) in [5.41, 5.74) is 2.44. The molecule has 36 heavy (non-hydrogen) atoms. The zero-order valence-corrected chi connectivity index (χ0v) is 20.3. The molecule has 0 spiro atoms. The highest BCUT2D eigenvalue weighted by molar-refractivity contribution is 5.98. The van der Waals surface area contributed by atoms with Gasteiger partial charge in [-0.05, 0) is 75.8 Å². The molecular weight excluding hydrogens is 469 g/mol. The van der Waals surface area contributed by atoms with E-state index in [4.69, 9.17) is 0 Å². The Morgan fingerprint density at radius 2 is 1.75 bits per heavy atom. The van der Waals surface area contributed by atoms with Gasteiger partial charge in [0, 0.05) is 42.4 Å². The number of carbonyl (C=O) groups is 1. The van der Waals surface area contributed by atoms with Crippen LogP contribution in [0.25, 0.3) is 11.4 Å². The number of anilines is 1. The second-order valence-electron chi connectivity index (χ2n) is 9.74. The molecule has 2 fully saturated rings. The van der Waals surface area contributed by atoms with Crippen molar-refractivity contribution in [1.82, 2.24) is 24.8 Å². The van der Waals surface area contributed by atoms with Crippen LogP contribution in [-0.4, -0.2) is 49.9 Å². The Bertz CT molecular complexity index is 1270. The SMILES string of the molecule is Cc1cc(C)nc(-c2ccc(C)nc2C(=O)N2C[C@@H]3C[C@@H]3CC2CNc2ccc(C(F)(F)F)cn2)n1. The molecule has 188 valence electrons. The third-order valence-electron chi connectivity index (χ3n) is 6.85. The largest absolute Gasteiger partial charge is 0.417 e. The zero-order valence-electron chi connectivity index (χ0n) is 20.3. The number of nitrogens with one attached hydrogen (secondary N) is 1. The molecule has 2 aliphatic rings. The molecule has 10 heteroatoms. The Hall–Kier alpha value is -3.56. The van der Waals surface area contributed by atoms with E-state index < -0.39 is 11.7 Å². The number of carbonyl (C=O) groups excluding carboxylic acids is 1. The van der Waals surface area contributed by atoms with Gasteiger partial charge in [-0.3, -0.25) is 4.79 Å². The van der Waals surface area contributed by atoms with E-state index in [2.05, 4.69) is 25.3 Å². The number of aryl methyl sites for hydroxylation is 3. The van der Waals surface area contributed by atoms with Crippen molar-refractivity contribution in [1.29, 1.82) is 0 Å². The van der Waals surface area contributed by atoms with Crippen LogP contribution in [0.2, 0.25) is 0 Å². The third kappa shape index (κ3) is 5.03. The molecule has 3 atom stereocenters. The lowest BCUT2D eigenvalue weighted by atomic mass is 10.00. The fraction of sp³-hybridized carbons (Fsp3) is 0.423. The second kappa shape index (κ2) is 9.15. The van der Waals surface area contributed by atoms with Crippen LogP contribution in [0.4, 0.5) is 19.0 Å². The van der Waals surface area contributed by atoms with Crippen molar-refractivity contribution >= 4 is 11.7 Å². The van der Waals surface area contributed by atoms with Crippen LogP contribution in [0.15, 0.2) is 36.5 Å². The van der Waals surface area contributed by atoms with E-state index in [1.165, 1.54) is 6.07 Å². The van der Waals surface area contributed by atoms with E-state index in [9.17, 15) is 18.0 Å². The van der Waals surface area contributed by atoms with Crippen molar-refractivity contribution < 1.29 is 18.0 Å². The van der Waals surface area contributed by atoms with Gasteiger partial charge in [-0.15, -0.1) is 0 Å². The highest BCUT2D eigenvalue weighted by atomic mass is 19.4. The van der Waals surface area contributed by atoms with Gasteiger partial charge in [0.25, 0.3) is 5.91 Å². The van der Waals surface area contributed by atoms with Crippen LogP contribution < -0.4 is 5.32 Å². The average Bonchev–Trinajstić information content (AvgIpc) is 3.59. The van der Waals surface area contributed by atoms with Crippen molar-refractivity contribution in [3.8, 4) is 11.4 Å². The molecule has 4 heterocycles. The van der Waals surface area contributed by atoms with E-state index in [1.54, 1.807) is 0 Å². The number of rotatable bonds is 5. The highest BCUT2D eigenvalue weighted by Crippen LogP contribution is 2.47. The Kier molecular flexibility index (Phi) is 6.13. The minimum atomic E-state index is -4.43. The molecule has 0 aromatic carbocycles. The first-order chi connectivity index (χ1) is 17.1. The topological polar surface area (TPSA) is 83.9 Å². The van der Waals surface area contributed by atoms with Gasteiger partial charge < -0.3 is 10.2 Å². The first kappa shape index (κ1) is 24.1. The lowest BCUT2D eigenvalue weighted by molar-refractivity contribution is -0.137. The Morgan fingerprint density at radius 1 is 1.00 bits per heavy atom. The summed E-state index contributed by atoms with van der Waals surface area (Å²) < 4.78 is 38.6. The van der Waals surface area contributed by atoms with Crippen LogP contribution in [0.5, 0.6) is 0 Å². The standard InChI is InChI=1S/C26H27F3N6O/c1-14-4-6-21(24-33-15(2)8-16(3)34-24)23(32-14)25(36)35-13-18-9-17(18)10-20(35)12-31-22-7-5-19(11-30-22)26(27,28)29/h4-8,11,17-18,20H,9-10,12-13H2,1-3H3,(H,30,31)/t17-,18+,20?/m1/s1. The van der Waals surface area contributed by atoms with Crippen LogP contribution in [0, 0.1) is 32.6 Å². The number of aromatic nitrogens is 4. The quantitative estimate of drug-likeness (QED) is 0.544. The molecule has 1 aliphatic heterocycles. The second-order valence-corrected chi connectivity index (χ2v) is 9.74. The first-order valence-corrected chi connectivity index (χ1v) is 12.0. The van der Waals surface area contributed by atoms with Crippen molar-refractivity contribution in [3.63, 3.8) is 0 Å². The minimum absolute atomic E-state index is 0.138. The van der Waals surface area contributed by atoms with Crippen molar-refractivity contribution in [2.24, 2.45) is 11.8 Å². The number of nitrogens with zero attached hydrogens (tertiary/aromatic N) is 5. The van der Waals surface area contributed by atoms with Crippen molar-refractivity contribution in [3.05, 3.63) is 64.9 Å². The molecule has 0 radical (unpaired) electrons. The monoisotopic (exact) mass is 496 g/mol. The maximum absolute atomic E-state index is 13.9. The van der Waals surface area contributed by atoms with Crippen molar-refractivity contribution in [2.45, 2.75) is 45.8 Å². The highest BCUT2D eigenvalue weighted by Gasteiger charge is 2.47. The number of likely N-dealkylation sites (tertiary alicyclic amines) is 1. The number of fused-ring (bicyclic) bond motifs is 1. The maximum atomic E-state index is 13.9. The molecule has 3 aromatic rings. The number of amides is 1. The van der Waals surface area contributed by atoms with Gasteiger partial charge >= 0.3 is 6.18 Å². The summed E-state index contributed by atoms with van der Waals surface area (Å²) in [5, 5.41) is 3.12. The summed E-state index contributed by atoms with van der Waals surface area (Å²) in [4.78, 5) is 33.3. The normalized spacial score (nSPS) is 21.2. The fourth-order valence-electron chi connectivity index (χ4n) is 4.91. The number of hydrogen-bond donors (Lipinski definition) is 1. The molecule has 5 rings (SSSR count). The van der Waals surface area contributed by atoms with Crippen LogP contribution in [0.3, 0.4) is 0 Å². The van der Waals surface area contributed by atoms with Gasteiger partial charge in [-0.25, -0.2) is 19.9 Å². The predicted octanol–water partition coefficient (Wildman–Crippen LogP) is 4.84. The minimum Gasteiger partial charge on any atom is -0.368 e. The van der Waals surface area contributed by atoms with Crippen LogP contribution in [0.1, 0.15) is 46.0 Å². The Balaban J connectivity index is 1.40. The van der Waals surface area contributed by atoms with Crippen LogP contribution >= 0.6 is 0 Å². The lowest BCUT2D eigenvalue weighted by Crippen LogP contribution is -2.48. The summed E-state index contributed by atoms with van der Waals surface area (Å²) >= 11 is 0. The number of alkyl halides is 3. The molecule has 1 aliphatic carbocycles. The van der Waals surface area contributed by atoms with E-state index >= 15 is 0 Å². The number of piperidine rings is 1. The maximum Gasteiger partial charge on any atom is 0.417 e. The summed E-state index contributed by atoms with van der Waals surface area (Å²) in [7, 11) is 0. The van der Waals surface area contributed by atoms with Crippen LogP contribution in [-0.2, 0) is 6.18 Å². The molecule has 7 nitrogen and oxygen atoms in total. The first-order valence-electron chi connectivity index (χ1n) is 12.0. The average molecular weight is 497 g/mol. The molecule has 0 bridgehead atoms.